The second-order valence-electron chi connectivity index (χ2n) is 23.7. The van der Waals surface area contributed by atoms with E-state index in [9.17, 15) is 9.22 Å². The van der Waals surface area contributed by atoms with Crippen LogP contribution in [-0.4, -0.2) is 19.6 Å². The van der Waals surface area contributed by atoms with Gasteiger partial charge in [-0.15, -0.1) is 23.8 Å². The smallest absolute Gasteiger partial charge is 0.148 e. The molecule has 0 aliphatic carbocycles. The Labute approximate surface area is 473 Å². The largest absolute Gasteiger partial charge is 0.507 e. The van der Waals surface area contributed by atoms with E-state index in [1.165, 1.54) is 24.3 Å². The fourth-order valence-corrected chi connectivity index (χ4v) is 9.44. The van der Waals surface area contributed by atoms with Crippen LogP contribution in [0.4, 0.5) is 0 Å². The monoisotopic (exact) mass is 1170 g/mol. The first-order valence-corrected chi connectivity index (χ1v) is 25.0. The number of para-hydroxylation sites is 1. The van der Waals surface area contributed by atoms with Crippen LogP contribution in [0.5, 0.6) is 5.75 Å². The van der Waals surface area contributed by atoms with Gasteiger partial charge in [-0.3, -0.25) is 9.55 Å². The van der Waals surface area contributed by atoms with Crippen LogP contribution >= 0.6 is 0 Å². The number of aromatic hydroxyl groups is 1. The Balaban J connectivity index is 0.00000961. The number of imidazole rings is 1. The Bertz CT molecular complexity index is 3930. The summed E-state index contributed by atoms with van der Waals surface area (Å²) in [6.07, 6.45) is 1.62. The van der Waals surface area contributed by atoms with Crippen molar-refractivity contribution in [1.82, 2.24) is 14.5 Å². The average Bonchev–Trinajstić information content (AvgIpc) is 0.889. The van der Waals surface area contributed by atoms with Crippen LogP contribution in [0.1, 0.15) is 153 Å². The first kappa shape index (κ1) is 40.0. The van der Waals surface area contributed by atoms with Crippen LogP contribution in [0.25, 0.3) is 83.9 Å². The molecule has 0 spiro atoms. The Kier molecular flexibility index (Phi) is 10.7. The van der Waals surface area contributed by atoms with Crippen molar-refractivity contribution in [3.05, 3.63) is 191 Å². The zero-order chi connectivity index (χ0) is 62.6. The third-order valence-corrected chi connectivity index (χ3v) is 13.9. The molecule has 7 aromatic carbocycles. The summed E-state index contributed by atoms with van der Waals surface area (Å²) in [7, 11) is 0. The molecule has 4 nitrogen and oxygen atoms in total. The van der Waals surface area contributed by atoms with Gasteiger partial charge in [-0.1, -0.05) is 223 Å². The van der Waals surface area contributed by atoms with E-state index < -0.39 is 38.2 Å². The van der Waals surface area contributed by atoms with Crippen LogP contribution in [0, 0.1) is 12.9 Å². The molecular formula is C69H74N3OPt-. The van der Waals surface area contributed by atoms with Crippen molar-refractivity contribution >= 4 is 11.0 Å². The van der Waals surface area contributed by atoms with Crippen molar-refractivity contribution in [1.29, 1.82) is 0 Å². The topological polar surface area (TPSA) is 50.9 Å². The maximum absolute atomic E-state index is 12.7. The summed E-state index contributed by atoms with van der Waals surface area (Å²) in [5.74, 6) is 0.374. The average molecular weight is 1170 g/mol. The third-order valence-electron chi connectivity index (χ3n) is 13.9. The summed E-state index contributed by atoms with van der Waals surface area (Å²) in [6.45, 7) is 12.7. The molecule has 1 N–H and O–H groups in total. The molecule has 2 aromatic heterocycles. The molecule has 0 saturated carbocycles. The molecule has 74 heavy (non-hydrogen) atoms. The van der Waals surface area contributed by atoms with Crippen molar-refractivity contribution in [3.63, 3.8) is 0 Å². The second kappa shape index (κ2) is 19.7. The molecular weight excluding hydrogens is 1080 g/mol. The van der Waals surface area contributed by atoms with Crippen molar-refractivity contribution in [2.45, 2.75) is 138 Å². The number of hydrogen-bond acceptors (Lipinski definition) is 3. The van der Waals surface area contributed by atoms with Gasteiger partial charge in [-0.25, -0.2) is 4.98 Å². The molecule has 9 aromatic rings. The van der Waals surface area contributed by atoms with Crippen LogP contribution in [-0.2, 0) is 48.1 Å². The van der Waals surface area contributed by atoms with Crippen LogP contribution in [0.15, 0.2) is 152 Å². The SMILES string of the molecule is [2H]C([2H])([2H])c1cc(-c2cc(C(C)(C)C)cc(C(C)(C)C)c2)ccc1-n1c(-c2cc(C(C)(C)C)cc(C(C)(C)C)c2O)nc2c(-c3[c-]c(-c4cc(-c5ccc(C(C([2H])([2H])[2H])(C([2H])([2H])[2H])C([2H])([2H])[2H])cc5)ccn4)cc(-c4ccccc4)c3)cccc21.[Pt]. The summed E-state index contributed by atoms with van der Waals surface area (Å²) in [4.78, 5) is 10.4. The van der Waals surface area contributed by atoms with Gasteiger partial charge in [-0.05, 0) is 120 Å². The third kappa shape index (κ3) is 10.9. The number of aromatic nitrogens is 3. The molecule has 2 heterocycles. The van der Waals surface area contributed by atoms with Crippen molar-refractivity contribution in [2.24, 2.45) is 0 Å². The predicted molar refractivity (Wildman–Crippen MR) is 310 cm³/mol. The van der Waals surface area contributed by atoms with E-state index in [1.54, 1.807) is 18.3 Å². The van der Waals surface area contributed by atoms with E-state index in [4.69, 9.17) is 22.3 Å². The van der Waals surface area contributed by atoms with Gasteiger partial charge in [0.2, 0.25) is 0 Å². The summed E-state index contributed by atoms with van der Waals surface area (Å²) in [5, 5.41) is 12.7. The van der Waals surface area contributed by atoms with E-state index in [2.05, 4.69) is 107 Å². The van der Waals surface area contributed by atoms with Gasteiger partial charge in [0.15, 0.2) is 0 Å². The van der Waals surface area contributed by atoms with E-state index in [1.807, 2.05) is 95.6 Å². The molecule has 0 aliphatic heterocycles. The summed E-state index contributed by atoms with van der Waals surface area (Å²) >= 11 is 0. The molecule has 0 amide bonds. The minimum absolute atomic E-state index is 0. The quantitative estimate of drug-likeness (QED) is 0.162. The molecule has 0 unspecified atom stereocenters. The van der Waals surface area contributed by atoms with Gasteiger partial charge in [0, 0.05) is 55.0 Å². The maximum atomic E-state index is 12.7. The van der Waals surface area contributed by atoms with Crippen LogP contribution in [0.3, 0.4) is 0 Å². The molecule has 0 atom stereocenters. The zero-order valence-electron chi connectivity index (χ0n) is 56.5. The predicted octanol–water partition coefficient (Wildman–Crippen LogP) is 18.7. The molecule has 0 aliphatic rings. The number of hydrogen-bond donors (Lipinski definition) is 1. The van der Waals surface area contributed by atoms with Gasteiger partial charge >= 0.3 is 0 Å². The standard InChI is InChI=1S/C69H74N3O.Pt/c1-43-33-46(49-37-53(66(5,6)7)40-54(38-49)67(8,9)10)27-30-60(43)72-61-24-20-23-56(62(61)71-64(72)57-41-55(68(11,12)13)42-58(63(57)73)69(14,15)16)50-34-48(44-21-18-17-19-22-44)35-51(36-50)59-39-47(31-32-70-59)45-25-28-52(29-26-45)65(2,3)4;/h17-35,37-42,73H,1-16H3;/q-1;/i1D3,2D3,3D3,4D3;. The van der Waals surface area contributed by atoms with Crippen molar-refractivity contribution < 1.29 is 42.6 Å². The van der Waals surface area contributed by atoms with Crippen LogP contribution < -0.4 is 0 Å². The minimum Gasteiger partial charge on any atom is -0.507 e. The maximum Gasteiger partial charge on any atom is 0.148 e. The summed E-state index contributed by atoms with van der Waals surface area (Å²) in [5.41, 5.74) is 8.11. The van der Waals surface area contributed by atoms with Crippen molar-refractivity contribution in [2.75, 3.05) is 0 Å². The zero-order valence-corrected chi connectivity index (χ0v) is 46.8. The van der Waals surface area contributed by atoms with E-state index in [0.29, 0.717) is 67.2 Å². The van der Waals surface area contributed by atoms with Crippen LogP contribution in [0.2, 0.25) is 0 Å². The Morgan fingerprint density at radius 3 is 1.70 bits per heavy atom. The number of benzene rings is 7. The van der Waals surface area contributed by atoms with Gasteiger partial charge in [0.05, 0.1) is 22.3 Å². The molecule has 0 saturated heterocycles. The van der Waals surface area contributed by atoms with Gasteiger partial charge < -0.3 is 5.11 Å². The summed E-state index contributed by atoms with van der Waals surface area (Å²) in [6, 6.07) is 48.6. The number of pyridine rings is 1. The molecule has 9 rings (SSSR count). The Morgan fingerprint density at radius 2 is 1.08 bits per heavy atom. The van der Waals surface area contributed by atoms with E-state index in [0.717, 1.165) is 38.9 Å². The number of rotatable bonds is 7. The molecule has 0 fully saturated rings. The number of aryl methyl sites for hydroxylation is 1. The molecule has 5 heteroatoms. The number of phenols is 1. The second-order valence-corrected chi connectivity index (χ2v) is 23.7. The Hall–Kier alpha value is -6.35. The number of nitrogens with zero attached hydrogens (tertiary/aromatic N) is 3. The molecule has 0 bridgehead atoms. The fraction of sp³-hybridized carbons (Fsp3) is 0.304. The van der Waals surface area contributed by atoms with Gasteiger partial charge in [0.25, 0.3) is 0 Å². The minimum atomic E-state index is -3.41. The van der Waals surface area contributed by atoms with Crippen molar-refractivity contribution in [3.8, 4) is 78.6 Å². The summed E-state index contributed by atoms with van der Waals surface area (Å²) < 4.78 is 104. The normalized spacial score (nSPS) is 15.6. The first-order valence-electron chi connectivity index (χ1n) is 31.0. The molecule has 382 valence electrons. The number of fused-ring (bicyclic) bond motifs is 1. The number of phenolic OH excluding ortho intramolecular Hbond substituents is 1. The fourth-order valence-electron chi connectivity index (χ4n) is 9.44. The molecule has 0 radical (unpaired) electrons. The van der Waals surface area contributed by atoms with Gasteiger partial charge in [-0.2, -0.15) is 0 Å². The van der Waals surface area contributed by atoms with Gasteiger partial charge in [0.1, 0.15) is 11.6 Å². The Morgan fingerprint density at radius 1 is 0.486 bits per heavy atom. The first-order chi connectivity index (χ1) is 39.1. The van der Waals surface area contributed by atoms with E-state index in [-0.39, 0.29) is 54.2 Å². The van der Waals surface area contributed by atoms with E-state index >= 15 is 0 Å².